The van der Waals surface area contributed by atoms with Crippen molar-refractivity contribution in [1.82, 2.24) is 5.32 Å². The first-order valence-electron chi connectivity index (χ1n) is 7.70. The molecule has 1 atom stereocenters. The van der Waals surface area contributed by atoms with Gasteiger partial charge >= 0.3 is 0 Å². The van der Waals surface area contributed by atoms with Crippen LogP contribution < -0.4 is 10.2 Å². The van der Waals surface area contributed by atoms with Gasteiger partial charge in [0.1, 0.15) is 5.82 Å². The summed E-state index contributed by atoms with van der Waals surface area (Å²) >= 11 is 2.04. The number of hydrogen-bond donors (Lipinski definition) is 1. The first-order valence-corrected chi connectivity index (χ1v) is 8.69. The first kappa shape index (κ1) is 16.6. The first-order chi connectivity index (χ1) is 9.84. The molecule has 1 aliphatic rings. The highest BCUT2D eigenvalue weighted by Crippen LogP contribution is 2.35. The molecular formula is C17H27FN2S. The molecule has 1 aromatic carbocycles. The number of hydrogen-bond acceptors (Lipinski definition) is 3. The van der Waals surface area contributed by atoms with Crippen molar-refractivity contribution in [2.24, 2.45) is 0 Å². The lowest BCUT2D eigenvalue weighted by molar-refractivity contribution is 0.595. The Morgan fingerprint density at radius 3 is 2.71 bits per heavy atom. The van der Waals surface area contributed by atoms with E-state index in [2.05, 4.69) is 31.0 Å². The van der Waals surface area contributed by atoms with Crippen molar-refractivity contribution in [2.45, 2.75) is 44.9 Å². The van der Waals surface area contributed by atoms with E-state index in [1.807, 2.05) is 31.8 Å². The lowest BCUT2D eigenvalue weighted by Gasteiger charge is -2.29. The van der Waals surface area contributed by atoms with Crippen molar-refractivity contribution in [3.8, 4) is 0 Å². The third kappa shape index (κ3) is 3.92. The van der Waals surface area contributed by atoms with Crippen LogP contribution in [-0.4, -0.2) is 30.6 Å². The number of benzene rings is 1. The molecule has 1 fully saturated rings. The van der Waals surface area contributed by atoms with Crippen LogP contribution in [0.2, 0.25) is 0 Å². The molecule has 1 unspecified atom stereocenters. The quantitative estimate of drug-likeness (QED) is 0.903. The predicted molar refractivity (Wildman–Crippen MR) is 92.0 cm³/mol. The Bertz CT molecular complexity index is 502. The summed E-state index contributed by atoms with van der Waals surface area (Å²) in [6.07, 6.45) is 1.15. The Morgan fingerprint density at radius 1 is 1.33 bits per heavy atom. The molecule has 0 bridgehead atoms. The summed E-state index contributed by atoms with van der Waals surface area (Å²) in [6, 6.07) is 3.87. The van der Waals surface area contributed by atoms with Gasteiger partial charge in [0.2, 0.25) is 0 Å². The number of aryl methyl sites for hydroxylation is 1. The number of rotatable bonds is 3. The number of nitrogens with zero attached hydrogens (tertiary/aromatic N) is 1. The maximum atomic E-state index is 14.0. The summed E-state index contributed by atoms with van der Waals surface area (Å²) < 4.78 is 14.3. The van der Waals surface area contributed by atoms with Crippen molar-refractivity contribution in [3.63, 3.8) is 0 Å². The van der Waals surface area contributed by atoms with E-state index in [-0.39, 0.29) is 11.9 Å². The zero-order valence-electron chi connectivity index (χ0n) is 13.8. The maximum Gasteiger partial charge on any atom is 0.126 e. The van der Waals surface area contributed by atoms with Crippen molar-refractivity contribution < 1.29 is 4.39 Å². The normalized spacial score (nSPS) is 20.2. The highest BCUT2D eigenvalue weighted by Gasteiger charge is 2.25. The van der Waals surface area contributed by atoms with Gasteiger partial charge in [-0.15, -0.1) is 0 Å². The Balaban J connectivity index is 2.35. The molecule has 1 N–H and O–H groups in total. The molecule has 2 rings (SSSR count). The average Bonchev–Trinajstić information content (AvgIpc) is 2.61. The van der Waals surface area contributed by atoms with E-state index in [4.69, 9.17) is 0 Å². The lowest BCUT2D eigenvalue weighted by atomic mass is 10.0. The number of thioether (sulfide) groups is 1. The molecule has 21 heavy (non-hydrogen) atoms. The minimum absolute atomic E-state index is 0.111. The molecule has 2 nitrogen and oxygen atoms in total. The van der Waals surface area contributed by atoms with Gasteiger partial charge in [-0.05, 0) is 50.6 Å². The van der Waals surface area contributed by atoms with E-state index in [0.29, 0.717) is 4.75 Å². The lowest BCUT2D eigenvalue weighted by Crippen LogP contribution is -2.29. The third-order valence-electron chi connectivity index (χ3n) is 4.39. The summed E-state index contributed by atoms with van der Waals surface area (Å²) in [6.45, 7) is 10.6. The van der Waals surface area contributed by atoms with E-state index in [0.717, 1.165) is 36.4 Å². The largest absolute Gasteiger partial charge is 0.370 e. The van der Waals surface area contributed by atoms with Gasteiger partial charge in [-0.1, -0.05) is 13.8 Å². The summed E-state index contributed by atoms with van der Waals surface area (Å²) in [5.41, 5.74) is 2.98. The highest BCUT2D eigenvalue weighted by atomic mass is 32.2. The molecule has 1 aromatic rings. The van der Waals surface area contributed by atoms with Crippen LogP contribution in [0.4, 0.5) is 10.1 Å². The molecular weight excluding hydrogens is 283 g/mol. The SMILES string of the molecule is CNC(C)c1cc(F)c(C)cc1N1CCSC(C)(C)CC1. The van der Waals surface area contributed by atoms with Crippen molar-refractivity contribution in [2.75, 3.05) is 30.8 Å². The molecule has 0 radical (unpaired) electrons. The molecule has 118 valence electrons. The van der Waals surface area contributed by atoms with Crippen LogP contribution >= 0.6 is 11.8 Å². The minimum atomic E-state index is -0.111. The zero-order valence-corrected chi connectivity index (χ0v) is 14.6. The Kier molecular flexibility index (Phi) is 5.20. The number of nitrogens with one attached hydrogen (secondary N) is 1. The number of anilines is 1. The number of halogens is 1. The molecule has 1 aliphatic heterocycles. The van der Waals surface area contributed by atoms with Crippen molar-refractivity contribution in [1.29, 1.82) is 0 Å². The van der Waals surface area contributed by atoms with Crippen molar-refractivity contribution in [3.05, 3.63) is 29.1 Å². The molecule has 4 heteroatoms. The second-order valence-corrected chi connectivity index (χ2v) is 8.32. The summed E-state index contributed by atoms with van der Waals surface area (Å²) in [5.74, 6) is 1.01. The maximum absolute atomic E-state index is 14.0. The van der Waals surface area contributed by atoms with E-state index in [9.17, 15) is 4.39 Å². The standard InChI is InChI=1S/C17H27FN2S/c1-12-10-16(14(11-15(12)18)13(2)19-5)20-7-6-17(3,4)21-9-8-20/h10-11,13,19H,6-9H2,1-5H3. The Labute approximate surface area is 132 Å². The molecule has 1 saturated heterocycles. The van der Waals surface area contributed by atoms with Gasteiger partial charge in [0.25, 0.3) is 0 Å². The van der Waals surface area contributed by atoms with Gasteiger partial charge in [-0.3, -0.25) is 0 Å². The van der Waals surface area contributed by atoms with Crippen LogP contribution in [0.1, 0.15) is 44.4 Å². The Morgan fingerprint density at radius 2 is 2.05 bits per heavy atom. The fourth-order valence-corrected chi connectivity index (χ4v) is 3.82. The van der Waals surface area contributed by atoms with Gasteiger partial charge in [0.15, 0.2) is 0 Å². The summed E-state index contributed by atoms with van der Waals surface area (Å²) in [7, 11) is 1.92. The van der Waals surface area contributed by atoms with Gasteiger partial charge in [-0.2, -0.15) is 11.8 Å². The zero-order chi connectivity index (χ0) is 15.6. The average molecular weight is 310 g/mol. The van der Waals surface area contributed by atoms with E-state index < -0.39 is 0 Å². The van der Waals surface area contributed by atoms with Gasteiger partial charge < -0.3 is 10.2 Å². The van der Waals surface area contributed by atoms with E-state index >= 15 is 0 Å². The highest BCUT2D eigenvalue weighted by molar-refractivity contribution is 8.00. The molecule has 0 saturated carbocycles. The molecule has 0 spiro atoms. The molecule has 0 aromatic heterocycles. The van der Waals surface area contributed by atoms with Crippen LogP contribution in [0.5, 0.6) is 0 Å². The monoisotopic (exact) mass is 310 g/mol. The second-order valence-electron chi connectivity index (χ2n) is 6.52. The van der Waals surface area contributed by atoms with Crippen LogP contribution in [0.25, 0.3) is 0 Å². The van der Waals surface area contributed by atoms with E-state index in [1.54, 1.807) is 6.07 Å². The molecule has 0 amide bonds. The summed E-state index contributed by atoms with van der Waals surface area (Å²) in [5, 5.41) is 3.24. The molecule has 1 heterocycles. The van der Waals surface area contributed by atoms with Crippen LogP contribution in [-0.2, 0) is 0 Å². The van der Waals surface area contributed by atoms with Crippen molar-refractivity contribution >= 4 is 17.4 Å². The van der Waals surface area contributed by atoms with Crippen LogP contribution in [0.15, 0.2) is 12.1 Å². The Hall–Kier alpha value is -0.740. The van der Waals surface area contributed by atoms with E-state index in [1.165, 1.54) is 5.69 Å². The minimum Gasteiger partial charge on any atom is -0.370 e. The fourth-order valence-electron chi connectivity index (χ4n) is 2.72. The van der Waals surface area contributed by atoms with Crippen LogP contribution in [0.3, 0.4) is 0 Å². The summed E-state index contributed by atoms with van der Waals surface area (Å²) in [4.78, 5) is 2.43. The molecule has 0 aliphatic carbocycles. The van der Waals surface area contributed by atoms with Gasteiger partial charge in [-0.25, -0.2) is 4.39 Å². The third-order valence-corrected chi connectivity index (χ3v) is 5.76. The fraction of sp³-hybridized carbons (Fsp3) is 0.647. The second kappa shape index (κ2) is 6.57. The predicted octanol–water partition coefficient (Wildman–Crippen LogP) is 4.14. The van der Waals surface area contributed by atoms with Gasteiger partial charge in [0.05, 0.1) is 0 Å². The van der Waals surface area contributed by atoms with Gasteiger partial charge in [0, 0.05) is 35.3 Å². The topological polar surface area (TPSA) is 15.3 Å². The smallest absolute Gasteiger partial charge is 0.126 e. The van der Waals surface area contributed by atoms with Crippen LogP contribution in [0, 0.1) is 12.7 Å².